The number of rotatable bonds is 5. The highest BCUT2D eigenvalue weighted by molar-refractivity contribution is 5.96. The van der Waals surface area contributed by atoms with Gasteiger partial charge in [0.25, 0.3) is 5.91 Å². The van der Waals surface area contributed by atoms with Gasteiger partial charge in [0.15, 0.2) is 5.65 Å². The Bertz CT molecular complexity index is 1390. The Morgan fingerprint density at radius 3 is 2.60 bits per heavy atom. The minimum absolute atomic E-state index is 0.204. The van der Waals surface area contributed by atoms with Crippen LogP contribution < -0.4 is 10.2 Å². The van der Waals surface area contributed by atoms with Crippen LogP contribution in [0.4, 0.5) is 23.2 Å². The summed E-state index contributed by atoms with van der Waals surface area (Å²) in [5.41, 5.74) is -1.37. The number of carbonyl (C=O) groups is 1. The Kier molecular flexibility index (Phi) is 7.48. The van der Waals surface area contributed by atoms with Crippen molar-refractivity contribution in [1.29, 1.82) is 0 Å². The Hall–Kier alpha value is -3.29. The third kappa shape index (κ3) is 5.50. The van der Waals surface area contributed by atoms with E-state index in [9.17, 15) is 32.6 Å². The molecule has 5 rings (SSSR count). The Morgan fingerprint density at radius 1 is 1.20 bits per heavy atom. The number of benzene rings is 1. The Morgan fingerprint density at radius 2 is 1.93 bits per heavy atom. The average Bonchev–Trinajstić information content (AvgIpc) is 3.38. The van der Waals surface area contributed by atoms with Gasteiger partial charge in [0.1, 0.15) is 17.7 Å². The fourth-order valence-electron chi connectivity index (χ4n) is 5.70. The molecule has 0 aliphatic carbocycles. The highest BCUT2D eigenvalue weighted by atomic mass is 19.4. The maximum Gasteiger partial charge on any atom is 0.419 e. The van der Waals surface area contributed by atoms with Gasteiger partial charge in [0, 0.05) is 44.0 Å². The number of aliphatic hydroxyl groups is 2. The van der Waals surface area contributed by atoms with Crippen molar-refractivity contribution in [3.8, 4) is 0 Å². The zero-order chi connectivity index (χ0) is 28.8. The zero-order valence-electron chi connectivity index (χ0n) is 22.2. The first-order chi connectivity index (χ1) is 18.8. The van der Waals surface area contributed by atoms with Crippen LogP contribution in [-0.4, -0.2) is 79.5 Å². The topological polar surface area (TPSA) is 106 Å². The quantitative estimate of drug-likeness (QED) is 0.409. The third-order valence-electron chi connectivity index (χ3n) is 8.02. The summed E-state index contributed by atoms with van der Waals surface area (Å²) in [5, 5.41) is 27.4. The number of hydrogen-bond acceptors (Lipinski definition) is 7. The molecule has 2 aliphatic rings. The number of halogens is 4. The van der Waals surface area contributed by atoms with Gasteiger partial charge in [-0.1, -0.05) is 12.1 Å². The number of piperidine rings is 2. The van der Waals surface area contributed by atoms with Crippen molar-refractivity contribution in [3.63, 3.8) is 0 Å². The molecule has 2 unspecified atom stereocenters. The number of β-amino-alcohol motifs (C(OH)–C–C–N with tert-alkyl or cyclic N) is 1. The Labute approximate surface area is 228 Å². The molecule has 216 valence electrons. The van der Waals surface area contributed by atoms with Gasteiger partial charge in [-0.05, 0) is 45.2 Å². The van der Waals surface area contributed by atoms with Crippen LogP contribution in [0.3, 0.4) is 0 Å². The lowest BCUT2D eigenvalue weighted by molar-refractivity contribution is -0.140. The van der Waals surface area contributed by atoms with Gasteiger partial charge in [-0.15, -0.1) is 0 Å². The summed E-state index contributed by atoms with van der Waals surface area (Å²) in [6, 6.07) is 3.86. The molecule has 0 bridgehead atoms. The van der Waals surface area contributed by atoms with Crippen LogP contribution in [0.15, 0.2) is 36.8 Å². The predicted molar refractivity (Wildman–Crippen MR) is 138 cm³/mol. The van der Waals surface area contributed by atoms with Crippen molar-refractivity contribution in [2.75, 3.05) is 31.1 Å². The van der Waals surface area contributed by atoms with Crippen LogP contribution >= 0.6 is 0 Å². The largest absolute Gasteiger partial charge is 0.419 e. The van der Waals surface area contributed by atoms with Crippen LogP contribution in [0.25, 0.3) is 5.65 Å². The maximum atomic E-state index is 14.6. The highest BCUT2D eigenvalue weighted by Crippen LogP contribution is 2.34. The molecular weight excluding hydrogens is 532 g/mol. The number of likely N-dealkylation sites (tertiary alicyclic amines) is 1. The summed E-state index contributed by atoms with van der Waals surface area (Å²) in [6.07, 6.45) is -0.639. The lowest BCUT2D eigenvalue weighted by Gasteiger charge is -2.46. The number of aromatic nitrogens is 3. The number of fused-ring (bicyclic) bond motifs is 1. The monoisotopic (exact) mass is 564 g/mol. The summed E-state index contributed by atoms with van der Waals surface area (Å²) < 4.78 is 55.6. The second-order valence-corrected chi connectivity index (χ2v) is 10.9. The molecule has 3 atom stereocenters. The summed E-state index contributed by atoms with van der Waals surface area (Å²) in [6.45, 7) is 5.49. The molecule has 3 N–H and O–H groups in total. The molecule has 1 aromatic carbocycles. The maximum absolute atomic E-state index is 14.6. The molecule has 40 heavy (non-hydrogen) atoms. The van der Waals surface area contributed by atoms with Gasteiger partial charge < -0.3 is 20.4 Å². The summed E-state index contributed by atoms with van der Waals surface area (Å²) in [7, 11) is 0. The van der Waals surface area contributed by atoms with Crippen molar-refractivity contribution < 1.29 is 32.6 Å². The SMILES string of the molecule is C[C@@H](NC(=O)c1cc(N2CCC(N3CCC(O)C(C)(O)C3)CC2)c2ncnn2c1)c1cccc(C(F)(F)F)c1F. The predicted octanol–water partition coefficient (Wildman–Crippen LogP) is 3.16. The molecule has 0 saturated carbocycles. The van der Waals surface area contributed by atoms with Crippen LogP contribution in [0.1, 0.15) is 60.6 Å². The second kappa shape index (κ2) is 10.6. The molecule has 0 spiro atoms. The number of anilines is 1. The van der Waals surface area contributed by atoms with E-state index in [0.717, 1.165) is 18.9 Å². The van der Waals surface area contributed by atoms with E-state index in [0.29, 0.717) is 50.0 Å². The van der Waals surface area contributed by atoms with Crippen molar-refractivity contribution in [3.05, 3.63) is 59.3 Å². The van der Waals surface area contributed by atoms with E-state index in [-0.39, 0.29) is 17.2 Å². The first-order valence-electron chi connectivity index (χ1n) is 13.2. The fraction of sp³-hybridized carbons (Fsp3) is 0.519. The molecule has 13 heteroatoms. The van der Waals surface area contributed by atoms with E-state index in [1.165, 1.54) is 30.0 Å². The van der Waals surface area contributed by atoms with Crippen molar-refractivity contribution >= 4 is 17.2 Å². The van der Waals surface area contributed by atoms with Crippen molar-refractivity contribution in [2.45, 2.75) is 63.1 Å². The Balaban J connectivity index is 1.32. The van der Waals surface area contributed by atoms with Gasteiger partial charge in [0.05, 0.1) is 29.0 Å². The number of nitrogens with zero attached hydrogens (tertiary/aromatic N) is 5. The van der Waals surface area contributed by atoms with Gasteiger partial charge >= 0.3 is 6.18 Å². The number of amides is 1. The minimum Gasteiger partial charge on any atom is -0.390 e. The van der Waals surface area contributed by atoms with Crippen LogP contribution in [0.2, 0.25) is 0 Å². The van der Waals surface area contributed by atoms with E-state index in [1.807, 2.05) is 0 Å². The molecule has 4 heterocycles. The molecular formula is C27H32F4N6O3. The smallest absolute Gasteiger partial charge is 0.390 e. The van der Waals surface area contributed by atoms with Gasteiger partial charge in [-0.2, -0.15) is 18.3 Å². The average molecular weight is 565 g/mol. The summed E-state index contributed by atoms with van der Waals surface area (Å²) in [4.78, 5) is 21.8. The number of nitrogens with one attached hydrogen (secondary N) is 1. The number of hydrogen-bond donors (Lipinski definition) is 3. The number of alkyl halides is 3. The minimum atomic E-state index is -4.85. The number of carbonyl (C=O) groups excluding carboxylic acids is 1. The highest BCUT2D eigenvalue weighted by Gasteiger charge is 2.40. The van der Waals surface area contributed by atoms with E-state index in [1.54, 1.807) is 13.0 Å². The summed E-state index contributed by atoms with van der Waals surface area (Å²) >= 11 is 0. The van der Waals surface area contributed by atoms with Crippen LogP contribution in [-0.2, 0) is 6.18 Å². The third-order valence-corrected chi connectivity index (χ3v) is 8.02. The van der Waals surface area contributed by atoms with Crippen molar-refractivity contribution in [2.24, 2.45) is 0 Å². The van der Waals surface area contributed by atoms with Gasteiger partial charge in [-0.3, -0.25) is 9.69 Å². The molecule has 2 aromatic heterocycles. The van der Waals surface area contributed by atoms with E-state index < -0.39 is 41.2 Å². The standard InChI is InChI=1S/C27H32F4N6O3/c1-16(19-4-3-5-20(23(19)28)27(29,30)31)34-25(39)17-12-21(24-32-15-33-37(24)13-17)35-9-6-18(7-10-35)36-11-8-22(38)26(2,40)14-36/h3-5,12-13,15-16,18,22,38,40H,6-11,14H2,1-2H3,(H,34,39)/t16-,22?,26?/m1/s1. The fourth-order valence-corrected chi connectivity index (χ4v) is 5.70. The molecule has 2 saturated heterocycles. The van der Waals surface area contributed by atoms with E-state index in [2.05, 4.69) is 25.2 Å². The first kappa shape index (κ1) is 28.2. The normalized spacial score (nSPS) is 23.9. The molecule has 0 radical (unpaired) electrons. The van der Waals surface area contributed by atoms with Crippen molar-refractivity contribution in [1.82, 2.24) is 24.8 Å². The van der Waals surface area contributed by atoms with E-state index >= 15 is 0 Å². The van der Waals surface area contributed by atoms with Gasteiger partial charge in [-0.25, -0.2) is 13.9 Å². The van der Waals surface area contributed by atoms with Crippen LogP contribution in [0.5, 0.6) is 0 Å². The molecule has 2 aliphatic heterocycles. The molecule has 2 fully saturated rings. The summed E-state index contributed by atoms with van der Waals surface area (Å²) in [5.74, 6) is -2.00. The lowest BCUT2D eigenvalue weighted by atomic mass is 9.89. The van der Waals surface area contributed by atoms with E-state index in [4.69, 9.17) is 0 Å². The van der Waals surface area contributed by atoms with Crippen LogP contribution in [0, 0.1) is 5.82 Å². The first-order valence-corrected chi connectivity index (χ1v) is 13.2. The van der Waals surface area contributed by atoms with Gasteiger partial charge in [0.2, 0.25) is 0 Å². The second-order valence-electron chi connectivity index (χ2n) is 10.9. The number of pyridine rings is 1. The number of aliphatic hydroxyl groups excluding tert-OH is 1. The lowest BCUT2D eigenvalue weighted by Crippen LogP contribution is -2.59. The molecule has 9 nitrogen and oxygen atoms in total. The zero-order valence-corrected chi connectivity index (χ0v) is 22.2. The molecule has 1 amide bonds. The molecule has 3 aromatic rings.